The molecule has 0 aliphatic carbocycles. The minimum Gasteiger partial charge on any atom is -0.439 e. The van der Waals surface area contributed by atoms with Crippen LogP contribution in [0.4, 0.5) is 0 Å². The van der Waals surface area contributed by atoms with Gasteiger partial charge in [-0.15, -0.1) is 0 Å². The van der Waals surface area contributed by atoms with Gasteiger partial charge in [-0.3, -0.25) is 38.4 Å². The second-order valence-electron chi connectivity index (χ2n) is 16.0. The van der Waals surface area contributed by atoms with Gasteiger partial charge in [0.2, 0.25) is 29.1 Å². The Kier molecular flexibility index (Phi) is 15.9. The van der Waals surface area contributed by atoms with Crippen molar-refractivity contribution >= 4 is 34.9 Å². The second kappa shape index (κ2) is 19.6. The maximum atomic E-state index is 14.0. The lowest BCUT2D eigenvalue weighted by Gasteiger charge is -2.28. The maximum absolute atomic E-state index is 14.0. The zero-order chi connectivity index (χ0) is 41.1. The third kappa shape index (κ3) is 13.7. The predicted octanol–water partition coefficient (Wildman–Crippen LogP) is 4.32. The van der Waals surface area contributed by atoms with Crippen molar-refractivity contribution in [2.75, 3.05) is 0 Å². The van der Waals surface area contributed by atoms with Crippen molar-refractivity contribution < 1.29 is 42.9 Å². The molecule has 4 N–H and O–H groups in total. The number of carbonyl (C=O) groups is 6. The summed E-state index contributed by atoms with van der Waals surface area (Å²) in [6.45, 7) is 18.0. The van der Waals surface area contributed by atoms with Crippen LogP contribution in [0.25, 0.3) is 0 Å². The molecule has 0 unspecified atom stereocenters. The number of hydrogen-bond acceptors (Lipinski definition) is 12. The van der Waals surface area contributed by atoms with Gasteiger partial charge in [-0.25, -0.2) is 4.98 Å². The van der Waals surface area contributed by atoms with Crippen LogP contribution in [0.2, 0.25) is 0 Å². The van der Waals surface area contributed by atoms with Gasteiger partial charge in [0.1, 0.15) is 12.1 Å². The minimum atomic E-state index is -1.40. The normalized spacial score (nSPS) is 14.2. The van der Waals surface area contributed by atoms with E-state index in [-0.39, 0.29) is 24.7 Å². The van der Waals surface area contributed by atoms with Crippen LogP contribution in [0.5, 0.6) is 0 Å². The smallest absolute Gasteiger partial charge is 0.268 e. The van der Waals surface area contributed by atoms with E-state index in [4.69, 9.17) is 14.1 Å². The summed E-state index contributed by atoms with van der Waals surface area (Å²) in [6.07, 6.45) is 0.632. The molecule has 2 aromatic carbocycles. The maximum Gasteiger partial charge on any atom is 0.268 e. The zero-order valence-corrected chi connectivity index (χ0v) is 33.4. The van der Waals surface area contributed by atoms with Crippen LogP contribution in [0.3, 0.4) is 0 Å². The van der Waals surface area contributed by atoms with E-state index < -0.39 is 81.8 Å². The number of hydroxylamine groups is 2. The molecule has 1 aromatic heterocycles. The van der Waals surface area contributed by atoms with Crippen LogP contribution >= 0.6 is 0 Å². The Morgan fingerprint density at radius 3 is 1.36 bits per heavy atom. The Labute approximate surface area is 322 Å². The lowest BCUT2D eigenvalue weighted by atomic mass is 9.94. The number of rotatable bonds is 20. The van der Waals surface area contributed by atoms with Crippen molar-refractivity contribution in [2.45, 2.75) is 117 Å². The van der Waals surface area contributed by atoms with Gasteiger partial charge in [0, 0.05) is 12.8 Å². The fourth-order valence-electron chi connectivity index (χ4n) is 5.22. The van der Waals surface area contributed by atoms with Crippen LogP contribution in [-0.2, 0) is 41.7 Å². The summed E-state index contributed by atoms with van der Waals surface area (Å²) in [4.78, 5) is 97.9. The number of carbonyl (C=O) groups excluding carboxylic acids is 6. The first kappa shape index (κ1) is 44.5. The van der Waals surface area contributed by atoms with E-state index in [9.17, 15) is 28.8 Å². The number of amides is 2. The summed E-state index contributed by atoms with van der Waals surface area (Å²) in [5.41, 5.74) is 4.85. The molecule has 3 rings (SSSR count). The monoisotopic (exact) mass is 761 g/mol. The van der Waals surface area contributed by atoms with Crippen LogP contribution in [0.1, 0.15) is 101 Å². The lowest BCUT2D eigenvalue weighted by Crippen LogP contribution is -2.55. The number of hydrogen-bond donors (Lipinski definition) is 4. The molecular formula is C41H55N5O9. The number of oxazole rings is 1. The van der Waals surface area contributed by atoms with Crippen molar-refractivity contribution in [3.63, 3.8) is 0 Å². The van der Waals surface area contributed by atoms with E-state index in [1.165, 1.54) is 0 Å². The Bertz CT molecular complexity index is 1650. The Morgan fingerprint density at radius 1 is 0.618 bits per heavy atom. The predicted molar refractivity (Wildman–Crippen MR) is 205 cm³/mol. The van der Waals surface area contributed by atoms with E-state index in [0.29, 0.717) is 11.1 Å². The number of aromatic nitrogens is 1. The summed E-state index contributed by atoms with van der Waals surface area (Å²) < 4.78 is 5.29. The van der Waals surface area contributed by atoms with E-state index in [1.807, 2.05) is 0 Å². The van der Waals surface area contributed by atoms with Gasteiger partial charge in [0.15, 0.2) is 12.1 Å². The van der Waals surface area contributed by atoms with Crippen LogP contribution in [0.15, 0.2) is 71.5 Å². The number of nitrogens with zero attached hydrogens (tertiary/aromatic N) is 1. The first-order chi connectivity index (χ1) is 25.7. The van der Waals surface area contributed by atoms with Crippen molar-refractivity contribution in [1.82, 2.24) is 26.6 Å². The summed E-state index contributed by atoms with van der Waals surface area (Å²) >= 11 is 0. The molecule has 3 aromatic rings. The van der Waals surface area contributed by atoms with Gasteiger partial charge >= 0.3 is 0 Å². The van der Waals surface area contributed by atoms with Gasteiger partial charge in [0.05, 0.1) is 23.3 Å². The fraction of sp³-hybridized carbons (Fsp3) is 0.488. The third-order valence-corrected chi connectivity index (χ3v) is 8.15. The molecule has 0 saturated heterocycles. The molecule has 14 nitrogen and oxygen atoms in total. The van der Waals surface area contributed by atoms with E-state index in [1.54, 1.807) is 130 Å². The van der Waals surface area contributed by atoms with Crippen molar-refractivity contribution in [3.05, 3.63) is 89.6 Å². The third-order valence-electron chi connectivity index (χ3n) is 8.15. The second-order valence-corrected chi connectivity index (χ2v) is 16.0. The molecule has 0 aliphatic heterocycles. The Balaban J connectivity index is 1.93. The SMILES string of the molecule is CC(C)[C@H](NOC(C)(C)C)C(=O)N[C@@H](Cc1ccccc1)C(=O)C(=O)c1ncoc1C(=O)C(=O)[C@H](Cc1ccccc1)NC(=O)[C@@H](NOC(C)(C)C)C(C)C. The molecule has 14 heteroatoms. The summed E-state index contributed by atoms with van der Waals surface area (Å²) in [6, 6.07) is 12.9. The molecule has 0 spiro atoms. The number of ketones is 4. The summed E-state index contributed by atoms with van der Waals surface area (Å²) in [7, 11) is 0. The largest absolute Gasteiger partial charge is 0.439 e. The molecule has 2 amide bonds. The van der Waals surface area contributed by atoms with Gasteiger partial charge in [-0.1, -0.05) is 88.4 Å². The molecule has 0 saturated carbocycles. The van der Waals surface area contributed by atoms with E-state index >= 15 is 0 Å². The van der Waals surface area contributed by atoms with Gasteiger partial charge in [-0.05, 0) is 64.5 Å². The van der Waals surface area contributed by atoms with Crippen molar-refractivity contribution in [2.24, 2.45) is 11.8 Å². The average Bonchev–Trinajstić information content (AvgIpc) is 3.59. The van der Waals surface area contributed by atoms with Gasteiger partial charge in [-0.2, -0.15) is 11.0 Å². The first-order valence-corrected chi connectivity index (χ1v) is 18.3. The lowest BCUT2D eigenvalue weighted by molar-refractivity contribution is -0.140. The van der Waals surface area contributed by atoms with Crippen molar-refractivity contribution in [3.8, 4) is 0 Å². The van der Waals surface area contributed by atoms with E-state index in [2.05, 4.69) is 26.6 Å². The molecule has 298 valence electrons. The highest BCUT2D eigenvalue weighted by Crippen LogP contribution is 2.17. The quantitative estimate of drug-likeness (QED) is 0.0725. The summed E-state index contributed by atoms with van der Waals surface area (Å²) in [5, 5.41) is 5.35. The number of Topliss-reactive ketones (excluding diaryl/α,β-unsaturated/α-hetero) is 4. The number of nitrogens with one attached hydrogen (secondary N) is 4. The molecule has 0 bridgehead atoms. The highest BCUT2D eigenvalue weighted by atomic mass is 16.7. The molecular weight excluding hydrogens is 706 g/mol. The molecule has 1 heterocycles. The van der Waals surface area contributed by atoms with E-state index in [0.717, 1.165) is 6.39 Å². The first-order valence-electron chi connectivity index (χ1n) is 18.3. The highest BCUT2D eigenvalue weighted by molar-refractivity contribution is 6.50. The number of benzene rings is 2. The standard InChI is InChI=1S/C41H55N5O9/c1-24(2)30(45-54-40(5,6)7)38(51)43-28(21-26-17-13-11-14-18-26)33(47)35(49)32-37(53-23-42-32)36(50)34(48)29(22-27-19-15-12-16-20-27)44-39(52)31(25(3)4)46-55-41(8,9)10/h11-20,23-25,28-31,45-46H,21-22H2,1-10H3,(H,43,51)(H,44,52)/t28-,29-,30-,31-/m0/s1. The topological polar surface area (TPSA) is 195 Å². The fourth-order valence-corrected chi connectivity index (χ4v) is 5.22. The van der Waals surface area contributed by atoms with Crippen molar-refractivity contribution in [1.29, 1.82) is 0 Å². The van der Waals surface area contributed by atoms with Crippen LogP contribution in [-0.4, -0.2) is 75.3 Å². The molecule has 0 radical (unpaired) electrons. The zero-order valence-electron chi connectivity index (χ0n) is 33.4. The molecule has 0 aliphatic rings. The molecule has 0 fully saturated rings. The van der Waals surface area contributed by atoms with Gasteiger partial charge in [0.25, 0.3) is 11.6 Å². The Morgan fingerprint density at radius 2 is 1.00 bits per heavy atom. The molecule has 4 atom stereocenters. The minimum absolute atomic E-state index is 0.0721. The van der Waals surface area contributed by atoms with Crippen LogP contribution < -0.4 is 21.6 Å². The Hall–Kier alpha value is -4.89. The highest BCUT2D eigenvalue weighted by Gasteiger charge is 2.39. The summed E-state index contributed by atoms with van der Waals surface area (Å²) in [5.74, 6) is -7.26. The molecule has 55 heavy (non-hydrogen) atoms. The van der Waals surface area contributed by atoms with Crippen LogP contribution in [0, 0.1) is 11.8 Å². The average molecular weight is 762 g/mol. The van der Waals surface area contributed by atoms with Gasteiger partial charge < -0.3 is 15.1 Å².